The average molecular weight is 349 g/mol. The predicted octanol–water partition coefficient (Wildman–Crippen LogP) is 4.26. The number of halogens is 1. The zero-order valence-corrected chi connectivity index (χ0v) is 13.3. The van der Waals surface area contributed by atoms with Crippen LogP contribution in [0.1, 0.15) is 15.2 Å². The Balaban J connectivity index is 1.86. The van der Waals surface area contributed by atoms with Gasteiger partial charge in [-0.3, -0.25) is 4.79 Å². The lowest BCUT2D eigenvalue weighted by atomic mass is 10.1. The van der Waals surface area contributed by atoms with E-state index < -0.39 is 0 Å². The second kappa shape index (κ2) is 5.42. The Kier molecular flexibility index (Phi) is 3.63. The van der Waals surface area contributed by atoms with Crippen LogP contribution in [-0.2, 0) is 6.54 Å². The number of H-pyrrole nitrogens is 1. The minimum atomic E-state index is 0.0414. The van der Waals surface area contributed by atoms with Gasteiger partial charge in [-0.25, -0.2) is 0 Å². The molecule has 0 saturated carbocycles. The van der Waals surface area contributed by atoms with E-state index in [4.69, 9.17) is 0 Å². The van der Waals surface area contributed by atoms with Crippen LogP contribution in [0.25, 0.3) is 10.9 Å². The Morgan fingerprint density at radius 2 is 2.25 bits per heavy atom. The van der Waals surface area contributed by atoms with E-state index in [9.17, 15) is 4.79 Å². The fourth-order valence-corrected chi connectivity index (χ4v) is 3.72. The first kappa shape index (κ1) is 13.4. The first-order valence-corrected chi connectivity index (χ1v) is 7.87. The summed E-state index contributed by atoms with van der Waals surface area (Å²) in [6.07, 6.45) is 1.86. The number of benzene rings is 1. The number of rotatable bonds is 3. The van der Waals surface area contributed by atoms with Crippen LogP contribution in [0.2, 0.25) is 0 Å². The maximum absolute atomic E-state index is 12.6. The van der Waals surface area contributed by atoms with Crippen molar-refractivity contribution in [1.82, 2.24) is 9.88 Å². The molecule has 1 amide bonds. The summed E-state index contributed by atoms with van der Waals surface area (Å²) in [7, 11) is 1.83. The summed E-state index contributed by atoms with van der Waals surface area (Å²) in [6, 6.07) is 9.74. The van der Waals surface area contributed by atoms with Crippen molar-refractivity contribution in [1.29, 1.82) is 0 Å². The second-order valence-corrected chi connectivity index (χ2v) is 6.55. The molecule has 2 heterocycles. The van der Waals surface area contributed by atoms with Crippen molar-refractivity contribution in [2.75, 3.05) is 7.05 Å². The van der Waals surface area contributed by atoms with Gasteiger partial charge in [-0.2, -0.15) is 0 Å². The Hall–Kier alpha value is -1.59. The van der Waals surface area contributed by atoms with Gasteiger partial charge in [0, 0.05) is 44.4 Å². The lowest BCUT2D eigenvalue weighted by Crippen LogP contribution is -2.25. The van der Waals surface area contributed by atoms with E-state index in [2.05, 4.69) is 20.9 Å². The lowest BCUT2D eigenvalue weighted by Gasteiger charge is -2.16. The maximum atomic E-state index is 12.6. The van der Waals surface area contributed by atoms with Crippen LogP contribution in [0, 0.1) is 0 Å². The first-order valence-electron chi connectivity index (χ1n) is 6.19. The molecule has 3 nitrogen and oxygen atoms in total. The number of nitrogens with zero attached hydrogens (tertiary/aromatic N) is 1. The van der Waals surface area contributed by atoms with Crippen LogP contribution in [0.15, 0.2) is 46.4 Å². The Labute approximate surface area is 129 Å². The van der Waals surface area contributed by atoms with Gasteiger partial charge in [-0.1, -0.05) is 6.07 Å². The number of aromatic nitrogens is 1. The molecule has 2 aromatic heterocycles. The summed E-state index contributed by atoms with van der Waals surface area (Å²) in [5.74, 6) is 0.0414. The van der Waals surface area contributed by atoms with Crippen molar-refractivity contribution in [2.24, 2.45) is 0 Å². The van der Waals surface area contributed by atoms with Gasteiger partial charge in [0.1, 0.15) is 0 Å². The third kappa shape index (κ3) is 2.51. The van der Waals surface area contributed by atoms with Gasteiger partial charge in [0.25, 0.3) is 5.91 Å². The molecule has 1 aromatic carbocycles. The Morgan fingerprint density at radius 1 is 1.40 bits per heavy atom. The van der Waals surface area contributed by atoms with Gasteiger partial charge in [0.15, 0.2) is 0 Å². The first-order chi connectivity index (χ1) is 9.65. The van der Waals surface area contributed by atoms with Crippen LogP contribution in [0.4, 0.5) is 0 Å². The molecule has 3 rings (SSSR count). The molecule has 0 spiro atoms. The zero-order chi connectivity index (χ0) is 14.1. The summed E-state index contributed by atoms with van der Waals surface area (Å²) in [4.78, 5) is 18.6. The van der Waals surface area contributed by atoms with Crippen molar-refractivity contribution < 1.29 is 4.79 Å². The highest BCUT2D eigenvalue weighted by Crippen LogP contribution is 2.23. The Bertz CT molecular complexity index is 762. The second-order valence-electron chi connectivity index (χ2n) is 4.64. The van der Waals surface area contributed by atoms with Crippen LogP contribution in [0.3, 0.4) is 0 Å². The number of hydrogen-bond donors (Lipinski definition) is 1. The maximum Gasteiger partial charge on any atom is 0.254 e. The molecule has 1 N–H and O–H groups in total. The predicted molar refractivity (Wildman–Crippen MR) is 86.1 cm³/mol. The summed E-state index contributed by atoms with van der Waals surface area (Å²) < 4.78 is 1.06. The number of nitrogens with one attached hydrogen (secondary N) is 1. The molecule has 0 aliphatic heterocycles. The molecule has 0 fully saturated rings. The van der Waals surface area contributed by atoms with Crippen LogP contribution < -0.4 is 0 Å². The number of aromatic amines is 1. The Morgan fingerprint density at radius 3 is 3.00 bits per heavy atom. The number of amides is 1. The third-order valence-corrected chi connectivity index (χ3v) is 4.87. The van der Waals surface area contributed by atoms with Crippen molar-refractivity contribution >= 4 is 44.1 Å². The van der Waals surface area contributed by atoms with Crippen molar-refractivity contribution in [3.63, 3.8) is 0 Å². The molecular weight excluding hydrogens is 336 g/mol. The average Bonchev–Trinajstić information content (AvgIpc) is 3.06. The minimum absolute atomic E-state index is 0.0414. The summed E-state index contributed by atoms with van der Waals surface area (Å²) in [6.45, 7) is 0.621. The van der Waals surface area contributed by atoms with Gasteiger partial charge in [-0.05, 0) is 40.2 Å². The van der Waals surface area contributed by atoms with Gasteiger partial charge < -0.3 is 9.88 Å². The molecule has 0 bridgehead atoms. The van der Waals surface area contributed by atoms with E-state index in [0.717, 1.165) is 25.8 Å². The van der Waals surface area contributed by atoms with Gasteiger partial charge in [0.05, 0.1) is 6.54 Å². The smallest absolute Gasteiger partial charge is 0.254 e. The van der Waals surface area contributed by atoms with Gasteiger partial charge in [0.2, 0.25) is 0 Å². The number of thiophene rings is 1. The highest BCUT2D eigenvalue weighted by atomic mass is 79.9. The topological polar surface area (TPSA) is 36.1 Å². The van der Waals surface area contributed by atoms with E-state index in [-0.39, 0.29) is 5.91 Å². The highest BCUT2D eigenvalue weighted by Gasteiger charge is 2.15. The van der Waals surface area contributed by atoms with E-state index in [1.54, 1.807) is 16.2 Å². The van der Waals surface area contributed by atoms with E-state index in [1.165, 1.54) is 0 Å². The SMILES string of the molecule is CN(Cc1cc(Br)cs1)C(=O)c1cccc2[nH]ccc12. The summed E-state index contributed by atoms with van der Waals surface area (Å²) >= 11 is 5.08. The molecular formula is C15H13BrN2OS. The van der Waals surface area contributed by atoms with Crippen LogP contribution >= 0.6 is 27.3 Å². The molecule has 0 atom stereocenters. The summed E-state index contributed by atoms with van der Waals surface area (Å²) in [5.41, 5.74) is 1.73. The lowest BCUT2D eigenvalue weighted by molar-refractivity contribution is 0.0788. The third-order valence-electron chi connectivity index (χ3n) is 3.19. The van der Waals surface area contributed by atoms with E-state index in [0.29, 0.717) is 6.54 Å². The van der Waals surface area contributed by atoms with Gasteiger partial charge >= 0.3 is 0 Å². The molecule has 5 heteroatoms. The monoisotopic (exact) mass is 348 g/mol. The molecule has 0 aliphatic carbocycles. The molecule has 102 valence electrons. The van der Waals surface area contributed by atoms with Crippen LogP contribution in [0.5, 0.6) is 0 Å². The largest absolute Gasteiger partial charge is 0.361 e. The normalized spacial score (nSPS) is 10.9. The van der Waals surface area contributed by atoms with Crippen LogP contribution in [-0.4, -0.2) is 22.8 Å². The molecule has 3 aromatic rings. The number of carbonyl (C=O) groups is 1. The molecule has 0 unspecified atom stereocenters. The van der Waals surface area contributed by atoms with E-state index in [1.807, 2.05) is 49.0 Å². The van der Waals surface area contributed by atoms with Crippen molar-refractivity contribution in [3.8, 4) is 0 Å². The minimum Gasteiger partial charge on any atom is -0.361 e. The van der Waals surface area contributed by atoms with Crippen molar-refractivity contribution in [3.05, 3.63) is 56.8 Å². The molecule has 0 saturated heterocycles. The van der Waals surface area contributed by atoms with Gasteiger partial charge in [-0.15, -0.1) is 11.3 Å². The number of fused-ring (bicyclic) bond motifs is 1. The fraction of sp³-hybridized carbons (Fsp3) is 0.133. The van der Waals surface area contributed by atoms with E-state index >= 15 is 0 Å². The summed E-state index contributed by atoms with van der Waals surface area (Å²) in [5, 5.41) is 3.00. The number of carbonyl (C=O) groups excluding carboxylic acids is 1. The number of hydrogen-bond acceptors (Lipinski definition) is 2. The molecule has 0 radical (unpaired) electrons. The zero-order valence-electron chi connectivity index (χ0n) is 10.9. The standard InChI is InChI=1S/C15H13BrN2OS/c1-18(8-11-7-10(16)9-20-11)15(19)13-3-2-4-14-12(13)5-6-17-14/h2-7,9,17H,8H2,1H3. The quantitative estimate of drug-likeness (QED) is 0.753. The molecule has 0 aliphatic rings. The highest BCUT2D eigenvalue weighted by molar-refractivity contribution is 9.10. The molecule has 20 heavy (non-hydrogen) atoms. The van der Waals surface area contributed by atoms with Crippen molar-refractivity contribution in [2.45, 2.75) is 6.54 Å². The fourth-order valence-electron chi connectivity index (χ4n) is 2.22.